The molecule has 0 unspecified atom stereocenters. The van der Waals surface area contributed by atoms with Gasteiger partial charge in [0.05, 0.1) is 5.41 Å². The van der Waals surface area contributed by atoms with Gasteiger partial charge in [0.25, 0.3) is 0 Å². The summed E-state index contributed by atoms with van der Waals surface area (Å²) in [6.07, 6.45) is 4.61. The summed E-state index contributed by atoms with van der Waals surface area (Å²) in [7, 11) is 0. The highest BCUT2D eigenvalue weighted by Crippen LogP contribution is 2.44. The fourth-order valence-electron chi connectivity index (χ4n) is 3.67. The zero-order valence-electron chi connectivity index (χ0n) is 11.8. The molecule has 4 nitrogen and oxygen atoms in total. The molecule has 1 aliphatic heterocycles. The Bertz CT molecular complexity index is 485. The lowest BCUT2D eigenvalue weighted by Crippen LogP contribution is -2.44. The molecule has 1 saturated carbocycles. The van der Waals surface area contributed by atoms with E-state index in [2.05, 4.69) is 10.6 Å². The van der Waals surface area contributed by atoms with E-state index in [1.807, 2.05) is 24.3 Å². The average Bonchev–Trinajstić information content (AvgIpc) is 2.93. The van der Waals surface area contributed by atoms with E-state index >= 15 is 0 Å². The second-order valence-electron chi connectivity index (χ2n) is 6.08. The van der Waals surface area contributed by atoms with Crippen LogP contribution in [0.1, 0.15) is 31.2 Å². The number of amides is 1. The fourth-order valence-corrected chi connectivity index (χ4v) is 3.67. The summed E-state index contributed by atoms with van der Waals surface area (Å²) in [6.45, 7) is 2.34. The molecule has 4 N–H and O–H groups in total. The Hall–Kier alpha value is -1.39. The first-order chi connectivity index (χ1) is 9.74. The number of hydrogen-bond acceptors (Lipinski definition) is 3. The Morgan fingerprint density at radius 3 is 2.90 bits per heavy atom. The number of rotatable bonds is 3. The maximum Gasteiger partial charge on any atom is 0.232 e. The van der Waals surface area contributed by atoms with Crippen LogP contribution >= 0.6 is 0 Å². The summed E-state index contributed by atoms with van der Waals surface area (Å²) < 4.78 is 0. The number of fused-ring (bicyclic) bond motifs is 1. The van der Waals surface area contributed by atoms with Gasteiger partial charge in [-0.3, -0.25) is 4.79 Å². The number of anilines is 1. The van der Waals surface area contributed by atoms with Crippen LogP contribution < -0.4 is 16.4 Å². The van der Waals surface area contributed by atoms with Crippen molar-refractivity contribution < 1.29 is 4.79 Å². The maximum atomic E-state index is 12.7. The topological polar surface area (TPSA) is 67.1 Å². The third-order valence-corrected chi connectivity index (χ3v) is 4.94. The van der Waals surface area contributed by atoms with Crippen molar-refractivity contribution in [3.05, 3.63) is 29.8 Å². The van der Waals surface area contributed by atoms with Crippen LogP contribution in [-0.2, 0) is 11.3 Å². The molecule has 2 aliphatic rings. The van der Waals surface area contributed by atoms with E-state index in [4.69, 9.17) is 5.73 Å². The second kappa shape index (κ2) is 5.54. The molecule has 0 aromatic heterocycles. The van der Waals surface area contributed by atoms with Gasteiger partial charge in [-0.15, -0.1) is 0 Å². The normalized spacial score (nSPS) is 28.9. The molecule has 20 heavy (non-hydrogen) atoms. The Balaban J connectivity index is 1.74. The first kappa shape index (κ1) is 13.6. The van der Waals surface area contributed by atoms with Gasteiger partial charge in [0.15, 0.2) is 0 Å². The second-order valence-corrected chi connectivity index (χ2v) is 6.08. The van der Waals surface area contributed by atoms with Crippen molar-refractivity contribution in [3.63, 3.8) is 0 Å². The molecule has 3 rings (SSSR count). The van der Waals surface area contributed by atoms with E-state index < -0.39 is 0 Å². The highest BCUT2D eigenvalue weighted by molar-refractivity contribution is 5.96. The summed E-state index contributed by atoms with van der Waals surface area (Å²) in [4.78, 5) is 12.7. The largest absolute Gasteiger partial charge is 0.326 e. The smallest absolute Gasteiger partial charge is 0.232 e. The van der Waals surface area contributed by atoms with E-state index in [0.29, 0.717) is 12.5 Å². The molecule has 0 radical (unpaired) electrons. The number of benzene rings is 1. The van der Waals surface area contributed by atoms with Crippen molar-refractivity contribution in [2.45, 2.75) is 32.2 Å². The van der Waals surface area contributed by atoms with Crippen LogP contribution in [0.5, 0.6) is 0 Å². The minimum absolute atomic E-state index is 0.188. The lowest BCUT2D eigenvalue weighted by atomic mass is 9.67. The van der Waals surface area contributed by atoms with Crippen LogP contribution in [0.2, 0.25) is 0 Å². The molecule has 108 valence electrons. The van der Waals surface area contributed by atoms with Gasteiger partial charge in [-0.05, 0) is 43.0 Å². The lowest BCUT2D eigenvalue weighted by Gasteiger charge is -2.37. The van der Waals surface area contributed by atoms with E-state index in [1.54, 1.807) is 0 Å². The first-order valence-corrected chi connectivity index (χ1v) is 7.56. The monoisotopic (exact) mass is 273 g/mol. The van der Waals surface area contributed by atoms with E-state index in [1.165, 1.54) is 12.8 Å². The minimum atomic E-state index is -0.190. The predicted molar refractivity (Wildman–Crippen MR) is 80.2 cm³/mol. The number of carbonyl (C=O) groups excluding carboxylic acids is 1. The zero-order valence-corrected chi connectivity index (χ0v) is 11.8. The Morgan fingerprint density at radius 2 is 2.15 bits per heavy atom. The van der Waals surface area contributed by atoms with Crippen molar-refractivity contribution in [2.24, 2.45) is 17.1 Å². The molecule has 1 aliphatic carbocycles. The SMILES string of the molecule is NCc1ccc(NC(=O)[C@@]23CCCC[C@H]2CNC3)cc1. The van der Waals surface area contributed by atoms with Gasteiger partial charge in [0, 0.05) is 18.8 Å². The van der Waals surface area contributed by atoms with Gasteiger partial charge < -0.3 is 16.4 Å². The van der Waals surface area contributed by atoms with Gasteiger partial charge in [-0.1, -0.05) is 25.0 Å². The molecule has 1 saturated heterocycles. The van der Waals surface area contributed by atoms with Crippen LogP contribution in [0.25, 0.3) is 0 Å². The predicted octanol–water partition coefficient (Wildman–Crippen LogP) is 1.86. The van der Waals surface area contributed by atoms with Crippen molar-refractivity contribution in [1.82, 2.24) is 5.32 Å². The van der Waals surface area contributed by atoms with E-state index in [9.17, 15) is 4.79 Å². The molecule has 2 atom stereocenters. The molecule has 0 bridgehead atoms. The summed E-state index contributed by atoms with van der Waals surface area (Å²) in [5.74, 6) is 0.687. The molecule has 1 aromatic rings. The van der Waals surface area contributed by atoms with Gasteiger partial charge >= 0.3 is 0 Å². The number of nitrogens with one attached hydrogen (secondary N) is 2. The van der Waals surface area contributed by atoms with Crippen LogP contribution in [0.15, 0.2) is 24.3 Å². The zero-order chi connectivity index (χ0) is 14.0. The van der Waals surface area contributed by atoms with E-state index in [0.717, 1.165) is 37.2 Å². The molecular weight excluding hydrogens is 250 g/mol. The Labute approximate surface area is 120 Å². The highest BCUT2D eigenvalue weighted by Gasteiger charge is 2.49. The van der Waals surface area contributed by atoms with Crippen molar-refractivity contribution >= 4 is 11.6 Å². The number of hydrogen-bond donors (Lipinski definition) is 3. The molecule has 1 heterocycles. The molecule has 1 aromatic carbocycles. The van der Waals surface area contributed by atoms with Crippen LogP contribution in [0, 0.1) is 11.3 Å². The van der Waals surface area contributed by atoms with Crippen LogP contribution in [0.3, 0.4) is 0 Å². The third kappa shape index (κ3) is 2.34. The van der Waals surface area contributed by atoms with Crippen molar-refractivity contribution in [1.29, 1.82) is 0 Å². The lowest BCUT2D eigenvalue weighted by molar-refractivity contribution is -0.128. The quantitative estimate of drug-likeness (QED) is 0.787. The molecule has 1 amide bonds. The fraction of sp³-hybridized carbons (Fsp3) is 0.562. The van der Waals surface area contributed by atoms with Gasteiger partial charge in [-0.25, -0.2) is 0 Å². The molecule has 2 fully saturated rings. The Kier molecular flexibility index (Phi) is 3.76. The maximum absolute atomic E-state index is 12.7. The van der Waals surface area contributed by atoms with Gasteiger partial charge in [0.2, 0.25) is 5.91 Å². The molecule has 4 heteroatoms. The average molecular weight is 273 g/mol. The summed E-state index contributed by atoms with van der Waals surface area (Å²) in [6, 6.07) is 7.82. The number of nitrogens with two attached hydrogens (primary N) is 1. The summed E-state index contributed by atoms with van der Waals surface area (Å²) >= 11 is 0. The molecular formula is C16H23N3O. The first-order valence-electron chi connectivity index (χ1n) is 7.56. The van der Waals surface area contributed by atoms with Crippen molar-refractivity contribution in [3.8, 4) is 0 Å². The number of carbonyl (C=O) groups is 1. The third-order valence-electron chi connectivity index (χ3n) is 4.94. The minimum Gasteiger partial charge on any atom is -0.326 e. The van der Waals surface area contributed by atoms with Crippen LogP contribution in [-0.4, -0.2) is 19.0 Å². The summed E-state index contributed by atoms with van der Waals surface area (Å²) in [5, 5.41) is 6.52. The van der Waals surface area contributed by atoms with Crippen molar-refractivity contribution in [2.75, 3.05) is 18.4 Å². The summed E-state index contributed by atoms with van der Waals surface area (Å²) in [5.41, 5.74) is 7.36. The van der Waals surface area contributed by atoms with Gasteiger partial charge in [-0.2, -0.15) is 0 Å². The van der Waals surface area contributed by atoms with E-state index in [-0.39, 0.29) is 11.3 Å². The van der Waals surface area contributed by atoms with Gasteiger partial charge in [0.1, 0.15) is 0 Å². The van der Waals surface area contributed by atoms with Crippen LogP contribution in [0.4, 0.5) is 5.69 Å². The molecule has 0 spiro atoms. The Morgan fingerprint density at radius 1 is 1.35 bits per heavy atom. The standard InChI is InChI=1S/C16H23N3O/c17-9-12-4-6-14(7-5-12)19-15(20)16-8-2-1-3-13(16)10-18-11-16/h4-7,13,18H,1-3,8-11,17H2,(H,19,20)/t13-,16+/m0/s1. The highest BCUT2D eigenvalue weighted by atomic mass is 16.2.